The maximum atomic E-state index is 12.2. The average Bonchev–Trinajstić information content (AvgIpc) is 2.46. The molecule has 19 heavy (non-hydrogen) atoms. The van der Waals surface area contributed by atoms with Crippen molar-refractivity contribution in [2.75, 3.05) is 40.3 Å². The van der Waals surface area contributed by atoms with Gasteiger partial charge in [0.25, 0.3) is 0 Å². The van der Waals surface area contributed by atoms with E-state index in [2.05, 4.69) is 22.3 Å². The van der Waals surface area contributed by atoms with Gasteiger partial charge in [-0.1, -0.05) is 30.3 Å². The van der Waals surface area contributed by atoms with Gasteiger partial charge < -0.3 is 15.1 Å². The van der Waals surface area contributed by atoms with E-state index in [4.69, 9.17) is 0 Å². The normalized spacial score (nSPS) is 19.7. The third kappa shape index (κ3) is 4.04. The average molecular weight is 261 g/mol. The van der Waals surface area contributed by atoms with Gasteiger partial charge in [-0.3, -0.25) is 4.79 Å². The van der Waals surface area contributed by atoms with Crippen molar-refractivity contribution in [3.8, 4) is 0 Å². The van der Waals surface area contributed by atoms with E-state index in [1.54, 1.807) is 0 Å². The number of amides is 1. The second-order valence-corrected chi connectivity index (χ2v) is 5.31. The second-order valence-electron chi connectivity index (χ2n) is 5.31. The Morgan fingerprint density at radius 1 is 1.37 bits per heavy atom. The first-order valence-corrected chi connectivity index (χ1v) is 6.87. The van der Waals surface area contributed by atoms with Gasteiger partial charge in [-0.25, -0.2) is 0 Å². The van der Waals surface area contributed by atoms with Gasteiger partial charge in [-0.05, 0) is 19.7 Å². The van der Waals surface area contributed by atoms with Crippen molar-refractivity contribution >= 4 is 5.91 Å². The van der Waals surface area contributed by atoms with Crippen molar-refractivity contribution in [2.24, 2.45) is 0 Å². The van der Waals surface area contributed by atoms with Crippen molar-refractivity contribution in [3.05, 3.63) is 35.9 Å². The zero-order chi connectivity index (χ0) is 13.7. The lowest BCUT2D eigenvalue weighted by Crippen LogP contribution is -2.48. The van der Waals surface area contributed by atoms with E-state index in [-0.39, 0.29) is 11.9 Å². The van der Waals surface area contributed by atoms with Crippen LogP contribution >= 0.6 is 0 Å². The summed E-state index contributed by atoms with van der Waals surface area (Å²) in [5.74, 6) is 0.260. The third-order valence-electron chi connectivity index (χ3n) is 3.50. The number of carbonyl (C=O) groups is 1. The van der Waals surface area contributed by atoms with Gasteiger partial charge in [0.05, 0.1) is 0 Å². The first kappa shape index (κ1) is 14.0. The predicted molar refractivity (Wildman–Crippen MR) is 76.9 cm³/mol. The van der Waals surface area contributed by atoms with Crippen LogP contribution in [0.1, 0.15) is 18.0 Å². The minimum absolute atomic E-state index is 0.260. The molecule has 2 rings (SSSR count). The molecule has 1 aromatic rings. The Bertz CT molecular complexity index is 405. The van der Waals surface area contributed by atoms with Crippen molar-refractivity contribution in [2.45, 2.75) is 12.5 Å². The van der Waals surface area contributed by atoms with E-state index in [1.165, 1.54) is 5.56 Å². The molecule has 1 aromatic carbocycles. The molecule has 1 amide bonds. The van der Waals surface area contributed by atoms with Crippen LogP contribution in [0, 0.1) is 0 Å². The summed E-state index contributed by atoms with van der Waals surface area (Å²) in [5.41, 5.74) is 1.26. The largest absolute Gasteiger partial charge is 0.339 e. The summed E-state index contributed by atoms with van der Waals surface area (Å²) in [4.78, 5) is 16.2. The molecule has 0 bridgehead atoms. The van der Waals surface area contributed by atoms with Crippen LogP contribution in [0.25, 0.3) is 0 Å². The molecular formula is C15H23N3O. The van der Waals surface area contributed by atoms with E-state index < -0.39 is 0 Å². The Morgan fingerprint density at radius 2 is 2.11 bits per heavy atom. The van der Waals surface area contributed by atoms with Crippen molar-refractivity contribution < 1.29 is 4.79 Å². The zero-order valence-corrected chi connectivity index (χ0v) is 11.8. The number of rotatable bonds is 4. The van der Waals surface area contributed by atoms with Gasteiger partial charge in [0.1, 0.15) is 0 Å². The van der Waals surface area contributed by atoms with Gasteiger partial charge in [-0.15, -0.1) is 0 Å². The fourth-order valence-corrected chi connectivity index (χ4v) is 2.36. The van der Waals surface area contributed by atoms with Gasteiger partial charge in [-0.2, -0.15) is 0 Å². The Hall–Kier alpha value is -1.39. The molecule has 1 fully saturated rings. The SMILES string of the molecule is CN(C)CCC(=O)N1CCNC(c2ccccc2)C1. The van der Waals surface area contributed by atoms with Crippen LogP contribution in [0.2, 0.25) is 0 Å². The molecule has 4 heteroatoms. The van der Waals surface area contributed by atoms with E-state index in [1.807, 2.05) is 37.2 Å². The van der Waals surface area contributed by atoms with Crippen LogP contribution in [0.5, 0.6) is 0 Å². The number of carbonyl (C=O) groups excluding carboxylic acids is 1. The maximum absolute atomic E-state index is 12.2. The lowest BCUT2D eigenvalue weighted by atomic mass is 10.0. The summed E-state index contributed by atoms with van der Waals surface area (Å²) in [6.45, 7) is 3.28. The fourth-order valence-electron chi connectivity index (χ4n) is 2.36. The van der Waals surface area contributed by atoms with E-state index in [0.29, 0.717) is 6.42 Å². The van der Waals surface area contributed by atoms with Crippen LogP contribution in [0.15, 0.2) is 30.3 Å². The first-order chi connectivity index (χ1) is 9.16. The van der Waals surface area contributed by atoms with Gasteiger partial charge in [0.15, 0.2) is 0 Å². The lowest BCUT2D eigenvalue weighted by molar-refractivity contribution is -0.132. The number of nitrogens with zero attached hydrogens (tertiary/aromatic N) is 2. The van der Waals surface area contributed by atoms with Crippen molar-refractivity contribution in [1.29, 1.82) is 0 Å². The number of benzene rings is 1. The van der Waals surface area contributed by atoms with E-state index in [0.717, 1.165) is 26.2 Å². The minimum atomic E-state index is 0.260. The van der Waals surface area contributed by atoms with E-state index >= 15 is 0 Å². The minimum Gasteiger partial charge on any atom is -0.339 e. The Kier molecular flexibility index (Phi) is 4.93. The topological polar surface area (TPSA) is 35.6 Å². The molecule has 1 aliphatic heterocycles. The van der Waals surface area contributed by atoms with Crippen molar-refractivity contribution in [1.82, 2.24) is 15.1 Å². The molecule has 0 aliphatic carbocycles. The second kappa shape index (κ2) is 6.68. The van der Waals surface area contributed by atoms with Gasteiger partial charge >= 0.3 is 0 Å². The highest BCUT2D eigenvalue weighted by Gasteiger charge is 2.23. The summed E-state index contributed by atoms with van der Waals surface area (Å²) in [6.07, 6.45) is 0.606. The van der Waals surface area contributed by atoms with Crippen LogP contribution < -0.4 is 5.32 Å². The summed E-state index contributed by atoms with van der Waals surface area (Å²) in [5, 5.41) is 3.48. The molecule has 1 atom stereocenters. The molecule has 1 heterocycles. The quantitative estimate of drug-likeness (QED) is 0.882. The summed E-state index contributed by atoms with van der Waals surface area (Å²) in [7, 11) is 4.00. The predicted octanol–water partition coefficient (Wildman–Crippen LogP) is 1.11. The molecule has 1 N–H and O–H groups in total. The first-order valence-electron chi connectivity index (χ1n) is 6.87. The number of hydrogen-bond acceptors (Lipinski definition) is 3. The Morgan fingerprint density at radius 3 is 2.79 bits per heavy atom. The summed E-state index contributed by atoms with van der Waals surface area (Å²) < 4.78 is 0. The highest BCUT2D eigenvalue weighted by molar-refractivity contribution is 5.76. The highest BCUT2D eigenvalue weighted by Crippen LogP contribution is 2.17. The van der Waals surface area contributed by atoms with Crippen LogP contribution in [-0.4, -0.2) is 56.0 Å². The molecule has 0 aromatic heterocycles. The monoisotopic (exact) mass is 261 g/mol. The van der Waals surface area contributed by atoms with Crippen molar-refractivity contribution in [3.63, 3.8) is 0 Å². The molecule has 0 spiro atoms. The fraction of sp³-hybridized carbons (Fsp3) is 0.533. The van der Waals surface area contributed by atoms with Gasteiger partial charge in [0, 0.05) is 38.6 Å². The van der Waals surface area contributed by atoms with Crippen LogP contribution in [-0.2, 0) is 4.79 Å². The number of piperazine rings is 1. The smallest absolute Gasteiger partial charge is 0.223 e. The summed E-state index contributed by atoms with van der Waals surface area (Å²) >= 11 is 0. The van der Waals surface area contributed by atoms with Crippen LogP contribution in [0.3, 0.4) is 0 Å². The lowest BCUT2D eigenvalue weighted by Gasteiger charge is -2.34. The molecule has 0 saturated carbocycles. The standard InChI is InChI=1S/C15H23N3O/c1-17(2)10-8-15(19)18-11-9-16-14(12-18)13-6-4-3-5-7-13/h3-7,14,16H,8-12H2,1-2H3. The van der Waals surface area contributed by atoms with Gasteiger partial charge in [0.2, 0.25) is 5.91 Å². The summed E-state index contributed by atoms with van der Waals surface area (Å²) in [6, 6.07) is 10.6. The molecule has 1 unspecified atom stereocenters. The Labute approximate surface area is 115 Å². The van der Waals surface area contributed by atoms with E-state index in [9.17, 15) is 4.79 Å². The Balaban J connectivity index is 1.92. The molecule has 104 valence electrons. The maximum Gasteiger partial charge on any atom is 0.223 e. The number of hydrogen-bond donors (Lipinski definition) is 1. The number of nitrogens with one attached hydrogen (secondary N) is 1. The molecule has 0 radical (unpaired) electrons. The third-order valence-corrected chi connectivity index (χ3v) is 3.50. The zero-order valence-electron chi connectivity index (χ0n) is 11.8. The molecular weight excluding hydrogens is 238 g/mol. The molecule has 1 saturated heterocycles. The molecule has 1 aliphatic rings. The van der Waals surface area contributed by atoms with Crippen LogP contribution in [0.4, 0.5) is 0 Å². The highest BCUT2D eigenvalue weighted by atomic mass is 16.2. The molecule has 4 nitrogen and oxygen atoms in total.